The van der Waals surface area contributed by atoms with Gasteiger partial charge in [0, 0.05) is 33.1 Å². The van der Waals surface area contributed by atoms with E-state index in [1.54, 1.807) is 48.5 Å². The number of hydrogen-bond acceptors (Lipinski definition) is 5. The molecule has 0 spiro atoms. The van der Waals surface area contributed by atoms with Gasteiger partial charge in [-0.25, -0.2) is 8.42 Å². The normalized spacial score (nSPS) is 17.2. The zero-order chi connectivity index (χ0) is 24.2. The lowest BCUT2D eigenvalue weighted by Gasteiger charge is -2.39. The van der Waals surface area contributed by atoms with Gasteiger partial charge in [-0.1, -0.05) is 50.2 Å². The smallest absolute Gasteiger partial charge is 0.243 e. The lowest BCUT2D eigenvalue weighted by Crippen LogP contribution is -2.61. The van der Waals surface area contributed by atoms with Crippen molar-refractivity contribution < 1.29 is 23.1 Å². The number of hydrogen-bond donors (Lipinski definition) is 2. The molecule has 9 heteroatoms. The Morgan fingerprint density at radius 1 is 1.03 bits per heavy atom. The van der Waals surface area contributed by atoms with Gasteiger partial charge in [-0.15, -0.1) is 0 Å². The van der Waals surface area contributed by atoms with Gasteiger partial charge in [0.1, 0.15) is 6.04 Å². The van der Waals surface area contributed by atoms with E-state index in [0.29, 0.717) is 0 Å². The van der Waals surface area contributed by atoms with Crippen LogP contribution in [0.25, 0.3) is 0 Å². The number of aliphatic hydroxyl groups is 1. The first-order chi connectivity index (χ1) is 15.6. The van der Waals surface area contributed by atoms with E-state index in [-0.39, 0.29) is 49.5 Å². The Bertz CT molecular complexity index is 1080. The van der Waals surface area contributed by atoms with Crippen LogP contribution in [0.2, 0.25) is 0 Å². The predicted octanol–water partition coefficient (Wildman–Crippen LogP) is 1.84. The number of nitrogens with one attached hydrogen (secondary N) is 1. The van der Waals surface area contributed by atoms with Gasteiger partial charge in [0.15, 0.2) is 0 Å². The SMILES string of the molecule is CC(=O)N1CCN(S(=O)(=O)c2ccc(C(C)C)cc2)[C@@H](C(=O)NCc2ccc(CO)cc2)C1. The fourth-order valence-electron chi connectivity index (χ4n) is 3.78. The summed E-state index contributed by atoms with van der Waals surface area (Å²) in [4.78, 5) is 26.7. The second-order valence-electron chi connectivity index (χ2n) is 8.51. The zero-order valence-corrected chi connectivity index (χ0v) is 20.0. The molecule has 3 rings (SSSR count). The summed E-state index contributed by atoms with van der Waals surface area (Å²) in [6, 6.07) is 12.8. The standard InChI is InChI=1S/C24H31N3O5S/c1-17(2)21-8-10-22(11-9-21)33(31,32)27-13-12-26(18(3)29)15-23(27)24(30)25-14-19-4-6-20(16-28)7-5-19/h4-11,17,23,28H,12-16H2,1-3H3,(H,25,30)/t23-/m1/s1. The highest BCUT2D eigenvalue weighted by Gasteiger charge is 2.40. The van der Waals surface area contributed by atoms with E-state index >= 15 is 0 Å². The van der Waals surface area contributed by atoms with Gasteiger partial charge in [0.05, 0.1) is 11.5 Å². The Kier molecular flexibility index (Phi) is 7.88. The molecule has 0 radical (unpaired) electrons. The van der Waals surface area contributed by atoms with Gasteiger partial charge in [0.2, 0.25) is 21.8 Å². The molecule has 2 aromatic rings. The molecule has 1 fully saturated rings. The van der Waals surface area contributed by atoms with Crippen molar-refractivity contribution in [2.75, 3.05) is 19.6 Å². The minimum Gasteiger partial charge on any atom is -0.392 e. The summed E-state index contributed by atoms with van der Waals surface area (Å²) in [6.45, 7) is 5.87. The molecule has 0 unspecified atom stereocenters. The summed E-state index contributed by atoms with van der Waals surface area (Å²) in [5.41, 5.74) is 2.60. The molecule has 1 saturated heterocycles. The highest BCUT2D eigenvalue weighted by atomic mass is 32.2. The minimum atomic E-state index is -3.93. The Morgan fingerprint density at radius 2 is 1.64 bits per heavy atom. The van der Waals surface area contributed by atoms with E-state index < -0.39 is 22.0 Å². The summed E-state index contributed by atoms with van der Waals surface area (Å²) in [5, 5.41) is 12.0. The molecule has 0 bridgehead atoms. The monoisotopic (exact) mass is 473 g/mol. The zero-order valence-electron chi connectivity index (χ0n) is 19.2. The molecule has 0 aromatic heterocycles. The number of carbonyl (C=O) groups is 2. The molecule has 2 amide bonds. The van der Waals surface area contributed by atoms with Gasteiger partial charge in [-0.3, -0.25) is 9.59 Å². The number of amides is 2. The third kappa shape index (κ3) is 5.79. The minimum absolute atomic E-state index is 0.00603. The number of carbonyl (C=O) groups excluding carboxylic acids is 2. The number of aliphatic hydroxyl groups excluding tert-OH is 1. The molecule has 0 aliphatic carbocycles. The van der Waals surface area contributed by atoms with Crippen molar-refractivity contribution in [1.29, 1.82) is 0 Å². The van der Waals surface area contributed by atoms with E-state index in [4.69, 9.17) is 5.11 Å². The van der Waals surface area contributed by atoms with E-state index in [0.717, 1.165) is 16.7 Å². The van der Waals surface area contributed by atoms with E-state index in [9.17, 15) is 18.0 Å². The molecular weight excluding hydrogens is 442 g/mol. The second kappa shape index (κ2) is 10.5. The number of sulfonamides is 1. The van der Waals surface area contributed by atoms with Gasteiger partial charge in [-0.05, 0) is 34.7 Å². The molecule has 1 atom stereocenters. The Morgan fingerprint density at radius 3 is 2.18 bits per heavy atom. The van der Waals surface area contributed by atoms with Crippen LogP contribution in [-0.2, 0) is 32.8 Å². The molecule has 1 aliphatic heterocycles. The third-order valence-corrected chi connectivity index (χ3v) is 7.83. The van der Waals surface area contributed by atoms with Crippen LogP contribution < -0.4 is 5.32 Å². The maximum absolute atomic E-state index is 13.4. The highest BCUT2D eigenvalue weighted by Crippen LogP contribution is 2.24. The van der Waals surface area contributed by atoms with Gasteiger partial charge >= 0.3 is 0 Å². The van der Waals surface area contributed by atoms with Crippen molar-refractivity contribution in [3.63, 3.8) is 0 Å². The summed E-state index contributed by atoms with van der Waals surface area (Å²) in [5.74, 6) is -0.397. The predicted molar refractivity (Wildman–Crippen MR) is 125 cm³/mol. The average molecular weight is 474 g/mol. The maximum Gasteiger partial charge on any atom is 0.243 e. The maximum atomic E-state index is 13.4. The average Bonchev–Trinajstić information content (AvgIpc) is 2.82. The highest BCUT2D eigenvalue weighted by molar-refractivity contribution is 7.89. The fraction of sp³-hybridized carbons (Fsp3) is 0.417. The van der Waals surface area contributed by atoms with Gasteiger partial charge < -0.3 is 15.3 Å². The summed E-state index contributed by atoms with van der Waals surface area (Å²) >= 11 is 0. The lowest BCUT2D eigenvalue weighted by atomic mass is 10.0. The first kappa shape index (κ1) is 24.9. The van der Waals surface area contributed by atoms with Crippen molar-refractivity contribution in [2.45, 2.75) is 50.8 Å². The molecule has 1 heterocycles. The Balaban J connectivity index is 1.82. The summed E-state index contributed by atoms with van der Waals surface area (Å²) in [6.07, 6.45) is 0. The van der Waals surface area contributed by atoms with Crippen LogP contribution in [0.3, 0.4) is 0 Å². The van der Waals surface area contributed by atoms with Crippen LogP contribution >= 0.6 is 0 Å². The molecule has 33 heavy (non-hydrogen) atoms. The second-order valence-corrected chi connectivity index (χ2v) is 10.4. The molecule has 178 valence electrons. The Labute approximate surface area is 195 Å². The first-order valence-electron chi connectivity index (χ1n) is 11.0. The fourth-order valence-corrected chi connectivity index (χ4v) is 5.35. The molecule has 2 aromatic carbocycles. The first-order valence-corrected chi connectivity index (χ1v) is 12.4. The van der Waals surface area contributed by atoms with Crippen molar-refractivity contribution in [3.8, 4) is 0 Å². The third-order valence-electron chi connectivity index (χ3n) is 5.90. The van der Waals surface area contributed by atoms with E-state index in [1.807, 2.05) is 13.8 Å². The molecular formula is C24H31N3O5S. The van der Waals surface area contributed by atoms with Gasteiger partial charge in [-0.2, -0.15) is 4.31 Å². The van der Waals surface area contributed by atoms with Crippen LogP contribution in [-0.4, -0.2) is 60.2 Å². The molecule has 0 saturated carbocycles. The number of piperazine rings is 1. The quantitative estimate of drug-likeness (QED) is 0.638. The van der Waals surface area contributed by atoms with Gasteiger partial charge in [0.25, 0.3) is 0 Å². The Hall–Kier alpha value is -2.75. The lowest BCUT2D eigenvalue weighted by molar-refractivity contribution is -0.134. The number of nitrogens with zero attached hydrogens (tertiary/aromatic N) is 2. The topological polar surface area (TPSA) is 107 Å². The van der Waals surface area contributed by atoms with Crippen LogP contribution in [0, 0.1) is 0 Å². The van der Waals surface area contributed by atoms with Crippen molar-refractivity contribution >= 4 is 21.8 Å². The van der Waals surface area contributed by atoms with Crippen molar-refractivity contribution in [2.24, 2.45) is 0 Å². The summed E-state index contributed by atoms with van der Waals surface area (Å²) < 4.78 is 28.0. The number of rotatable bonds is 7. The van der Waals surface area contributed by atoms with Crippen molar-refractivity contribution in [3.05, 3.63) is 65.2 Å². The molecule has 1 aliphatic rings. The largest absolute Gasteiger partial charge is 0.392 e. The van der Waals surface area contributed by atoms with Crippen molar-refractivity contribution in [1.82, 2.24) is 14.5 Å². The molecule has 8 nitrogen and oxygen atoms in total. The van der Waals surface area contributed by atoms with E-state index in [1.165, 1.54) is 16.1 Å². The number of benzene rings is 2. The molecule has 2 N–H and O–H groups in total. The van der Waals surface area contributed by atoms with Crippen LogP contribution in [0.4, 0.5) is 0 Å². The van der Waals surface area contributed by atoms with Crippen LogP contribution in [0.5, 0.6) is 0 Å². The van der Waals surface area contributed by atoms with Crippen LogP contribution in [0.15, 0.2) is 53.4 Å². The van der Waals surface area contributed by atoms with E-state index in [2.05, 4.69) is 5.32 Å². The summed E-state index contributed by atoms with van der Waals surface area (Å²) in [7, 11) is -3.93. The van der Waals surface area contributed by atoms with Crippen LogP contribution in [0.1, 0.15) is 43.4 Å².